The van der Waals surface area contributed by atoms with Crippen LogP contribution in [0.4, 0.5) is 0 Å². The normalized spacial score (nSPS) is 10.2. The summed E-state index contributed by atoms with van der Waals surface area (Å²) in [6.45, 7) is 22.2. The molecular weight excluding hydrogens is 292 g/mol. The minimum absolute atomic E-state index is 0.195. The van der Waals surface area contributed by atoms with Gasteiger partial charge in [-0.05, 0) is 38.2 Å². The van der Waals surface area contributed by atoms with E-state index >= 15 is 0 Å². The van der Waals surface area contributed by atoms with Crippen molar-refractivity contribution in [1.82, 2.24) is 0 Å². The molecule has 0 fully saturated rings. The SMILES string of the molecule is C#C.CC.CCC.Cc1ccc(C(C)(C)OCCC(C)(C)C)cc1. The zero-order valence-electron chi connectivity index (χ0n) is 18.0. The van der Waals surface area contributed by atoms with E-state index < -0.39 is 0 Å². The standard InChI is InChI=1S/C16H26O.C3H8.C2H6.C2H2/c1-13-7-9-14(10-8-13)16(5,6)17-12-11-15(2,3)4;1-3-2;2*1-2/h7-10H,11-12H2,1-6H3;3H2,1-2H3;1-2H3;1-2H. The second kappa shape index (κ2) is 15.3. The Kier molecular flexibility index (Phi) is 17.6. The maximum atomic E-state index is 6.03. The van der Waals surface area contributed by atoms with Crippen LogP contribution in [-0.4, -0.2) is 6.61 Å². The first-order valence-electron chi connectivity index (χ1n) is 9.17. The van der Waals surface area contributed by atoms with Gasteiger partial charge in [-0.15, -0.1) is 12.8 Å². The van der Waals surface area contributed by atoms with Gasteiger partial charge in [-0.2, -0.15) is 0 Å². The van der Waals surface area contributed by atoms with Crippen molar-refractivity contribution < 1.29 is 4.74 Å². The highest BCUT2D eigenvalue weighted by atomic mass is 16.5. The lowest BCUT2D eigenvalue weighted by Crippen LogP contribution is -2.24. The van der Waals surface area contributed by atoms with E-state index in [1.54, 1.807) is 0 Å². The first kappa shape index (κ1) is 27.6. The Balaban J connectivity index is -0.000000549. The number of hydrogen-bond acceptors (Lipinski definition) is 1. The van der Waals surface area contributed by atoms with Crippen LogP contribution in [-0.2, 0) is 10.3 Å². The molecule has 0 aliphatic carbocycles. The van der Waals surface area contributed by atoms with E-state index in [0.29, 0.717) is 5.41 Å². The topological polar surface area (TPSA) is 9.23 Å². The van der Waals surface area contributed by atoms with Crippen LogP contribution < -0.4 is 0 Å². The Morgan fingerprint density at radius 3 is 1.58 bits per heavy atom. The maximum Gasteiger partial charge on any atom is 0.0875 e. The van der Waals surface area contributed by atoms with Crippen molar-refractivity contribution in [3.63, 3.8) is 0 Å². The van der Waals surface area contributed by atoms with Crippen LogP contribution in [0.2, 0.25) is 0 Å². The minimum Gasteiger partial charge on any atom is -0.371 e. The lowest BCUT2D eigenvalue weighted by molar-refractivity contribution is -0.0317. The van der Waals surface area contributed by atoms with Crippen molar-refractivity contribution in [2.45, 2.75) is 87.7 Å². The number of benzene rings is 1. The van der Waals surface area contributed by atoms with E-state index in [2.05, 4.69) is 92.5 Å². The molecule has 0 heterocycles. The molecule has 1 aromatic rings. The van der Waals surface area contributed by atoms with Crippen LogP contribution >= 0.6 is 0 Å². The van der Waals surface area contributed by atoms with E-state index in [-0.39, 0.29) is 5.60 Å². The average Bonchev–Trinajstić information content (AvgIpc) is 2.51. The molecule has 0 amide bonds. The molecule has 1 heteroatoms. The number of aryl methyl sites for hydroxylation is 1. The van der Waals surface area contributed by atoms with Gasteiger partial charge in [0.15, 0.2) is 0 Å². The molecular formula is C23H42O. The molecule has 0 radical (unpaired) electrons. The fourth-order valence-corrected chi connectivity index (χ4v) is 1.65. The summed E-state index contributed by atoms with van der Waals surface area (Å²) in [7, 11) is 0. The lowest BCUT2D eigenvalue weighted by Gasteiger charge is -2.28. The zero-order valence-corrected chi connectivity index (χ0v) is 18.0. The molecule has 0 aliphatic heterocycles. The molecule has 0 unspecified atom stereocenters. The summed E-state index contributed by atoms with van der Waals surface area (Å²) in [6.07, 6.45) is 10.3. The maximum absolute atomic E-state index is 6.03. The van der Waals surface area contributed by atoms with Crippen molar-refractivity contribution in [3.8, 4) is 12.8 Å². The third-order valence-corrected chi connectivity index (χ3v) is 3.06. The highest BCUT2D eigenvalue weighted by molar-refractivity contribution is 5.25. The second-order valence-corrected chi connectivity index (χ2v) is 7.24. The Hall–Kier alpha value is -1.26. The monoisotopic (exact) mass is 334 g/mol. The molecule has 0 saturated carbocycles. The van der Waals surface area contributed by atoms with Crippen molar-refractivity contribution in [2.75, 3.05) is 6.61 Å². The van der Waals surface area contributed by atoms with Gasteiger partial charge in [-0.3, -0.25) is 0 Å². The minimum atomic E-state index is -0.195. The summed E-state index contributed by atoms with van der Waals surface area (Å²) in [5.74, 6) is 0. The molecule has 0 aromatic heterocycles. The molecule has 140 valence electrons. The predicted octanol–water partition coefficient (Wildman–Crippen LogP) is 7.37. The summed E-state index contributed by atoms with van der Waals surface area (Å²) in [4.78, 5) is 0. The van der Waals surface area contributed by atoms with Gasteiger partial charge in [0.2, 0.25) is 0 Å². The van der Waals surface area contributed by atoms with E-state index in [0.717, 1.165) is 13.0 Å². The fraction of sp³-hybridized carbons (Fsp3) is 0.652. The molecule has 0 atom stereocenters. The Morgan fingerprint density at radius 1 is 0.875 bits per heavy atom. The molecule has 24 heavy (non-hydrogen) atoms. The smallest absolute Gasteiger partial charge is 0.0875 e. The van der Waals surface area contributed by atoms with Crippen LogP contribution in [0.5, 0.6) is 0 Å². The summed E-state index contributed by atoms with van der Waals surface area (Å²) in [6, 6.07) is 8.60. The van der Waals surface area contributed by atoms with Crippen LogP contribution in [0.3, 0.4) is 0 Å². The van der Waals surface area contributed by atoms with Crippen LogP contribution in [0.25, 0.3) is 0 Å². The molecule has 0 aliphatic rings. The molecule has 0 saturated heterocycles. The van der Waals surface area contributed by atoms with Crippen molar-refractivity contribution >= 4 is 0 Å². The summed E-state index contributed by atoms with van der Waals surface area (Å²) in [5.41, 5.74) is 2.68. The second-order valence-electron chi connectivity index (χ2n) is 7.24. The van der Waals surface area contributed by atoms with Gasteiger partial charge in [0.05, 0.1) is 5.60 Å². The summed E-state index contributed by atoms with van der Waals surface area (Å²) in [5, 5.41) is 0. The van der Waals surface area contributed by atoms with Crippen molar-refractivity contribution in [1.29, 1.82) is 0 Å². The molecule has 0 bridgehead atoms. The Morgan fingerprint density at radius 2 is 1.25 bits per heavy atom. The first-order chi connectivity index (χ1) is 11.1. The van der Waals surface area contributed by atoms with E-state index in [4.69, 9.17) is 4.74 Å². The molecule has 1 nitrogen and oxygen atoms in total. The van der Waals surface area contributed by atoms with Crippen LogP contribution in [0, 0.1) is 25.2 Å². The third-order valence-electron chi connectivity index (χ3n) is 3.06. The lowest BCUT2D eigenvalue weighted by atomic mass is 9.92. The van der Waals surface area contributed by atoms with E-state index in [1.165, 1.54) is 17.5 Å². The number of ether oxygens (including phenoxy) is 1. The zero-order chi connectivity index (χ0) is 19.8. The summed E-state index contributed by atoms with van der Waals surface area (Å²) >= 11 is 0. The molecule has 1 rings (SSSR count). The highest BCUT2D eigenvalue weighted by Crippen LogP contribution is 2.27. The van der Waals surface area contributed by atoms with Gasteiger partial charge >= 0.3 is 0 Å². The van der Waals surface area contributed by atoms with Gasteiger partial charge in [0, 0.05) is 6.61 Å². The van der Waals surface area contributed by atoms with E-state index in [9.17, 15) is 0 Å². The van der Waals surface area contributed by atoms with Gasteiger partial charge in [-0.25, -0.2) is 0 Å². The third kappa shape index (κ3) is 15.6. The van der Waals surface area contributed by atoms with Crippen LogP contribution in [0.1, 0.15) is 86.3 Å². The molecule has 1 aromatic carbocycles. The van der Waals surface area contributed by atoms with Gasteiger partial charge in [-0.1, -0.05) is 84.7 Å². The Bertz CT molecular complexity index is 390. The predicted molar refractivity (Wildman–Crippen MR) is 111 cm³/mol. The Labute approximate surface area is 153 Å². The van der Waals surface area contributed by atoms with Gasteiger partial charge < -0.3 is 4.74 Å². The van der Waals surface area contributed by atoms with Gasteiger partial charge in [0.25, 0.3) is 0 Å². The quantitative estimate of drug-likeness (QED) is 0.522. The number of rotatable bonds is 4. The first-order valence-corrected chi connectivity index (χ1v) is 9.17. The fourth-order valence-electron chi connectivity index (χ4n) is 1.65. The van der Waals surface area contributed by atoms with Gasteiger partial charge in [0.1, 0.15) is 0 Å². The highest BCUT2D eigenvalue weighted by Gasteiger charge is 2.22. The largest absolute Gasteiger partial charge is 0.371 e. The number of terminal acetylenes is 1. The average molecular weight is 335 g/mol. The summed E-state index contributed by atoms with van der Waals surface area (Å²) < 4.78 is 6.03. The molecule has 0 N–H and O–H groups in total. The van der Waals surface area contributed by atoms with Crippen molar-refractivity contribution in [2.24, 2.45) is 5.41 Å². The number of hydrogen-bond donors (Lipinski definition) is 0. The molecule has 0 spiro atoms. The van der Waals surface area contributed by atoms with E-state index in [1.807, 2.05) is 13.8 Å². The van der Waals surface area contributed by atoms with Crippen molar-refractivity contribution in [3.05, 3.63) is 35.4 Å². The van der Waals surface area contributed by atoms with Crippen LogP contribution in [0.15, 0.2) is 24.3 Å².